The summed E-state index contributed by atoms with van der Waals surface area (Å²) in [6.07, 6.45) is 3.59. The van der Waals surface area contributed by atoms with Crippen LogP contribution in [0.25, 0.3) is 0 Å². The van der Waals surface area contributed by atoms with E-state index < -0.39 is 0 Å². The topological polar surface area (TPSA) is 39.6 Å². The summed E-state index contributed by atoms with van der Waals surface area (Å²) in [7, 11) is 2.16. The molecule has 1 aromatic rings. The van der Waals surface area contributed by atoms with Crippen LogP contribution in [0.3, 0.4) is 0 Å². The van der Waals surface area contributed by atoms with Gasteiger partial charge in [0, 0.05) is 36.9 Å². The Bertz CT molecular complexity index is 392. The first-order valence-corrected chi connectivity index (χ1v) is 6.04. The van der Waals surface area contributed by atoms with Crippen LogP contribution in [-0.4, -0.2) is 47.2 Å². The SMILES string of the molecule is CN1CCN(c2cnccc2CO)CC1(C)C. The number of nitrogens with zero attached hydrogens (tertiary/aromatic N) is 3. The van der Waals surface area contributed by atoms with Crippen molar-refractivity contribution in [1.29, 1.82) is 0 Å². The van der Waals surface area contributed by atoms with Crippen LogP contribution in [0.1, 0.15) is 19.4 Å². The van der Waals surface area contributed by atoms with Crippen molar-refractivity contribution in [2.75, 3.05) is 31.6 Å². The third kappa shape index (κ3) is 2.42. The molecule has 0 aromatic carbocycles. The number of aromatic nitrogens is 1. The molecule has 0 bridgehead atoms. The van der Waals surface area contributed by atoms with E-state index in [-0.39, 0.29) is 12.1 Å². The number of aliphatic hydroxyl groups excluding tert-OH is 1. The molecular weight excluding hydrogens is 214 g/mol. The highest BCUT2D eigenvalue weighted by molar-refractivity contribution is 5.52. The minimum atomic E-state index is 0.0740. The molecule has 0 aliphatic carbocycles. The lowest BCUT2D eigenvalue weighted by Crippen LogP contribution is -2.57. The number of pyridine rings is 1. The molecule has 1 aliphatic heterocycles. The second-order valence-electron chi connectivity index (χ2n) is 5.32. The van der Waals surface area contributed by atoms with Gasteiger partial charge in [-0.05, 0) is 27.0 Å². The summed E-state index contributed by atoms with van der Waals surface area (Å²) in [6.45, 7) is 7.54. The maximum atomic E-state index is 9.37. The highest BCUT2D eigenvalue weighted by atomic mass is 16.3. The van der Waals surface area contributed by atoms with E-state index in [1.54, 1.807) is 6.20 Å². The highest BCUT2D eigenvalue weighted by Gasteiger charge is 2.31. The van der Waals surface area contributed by atoms with Crippen molar-refractivity contribution in [3.63, 3.8) is 0 Å². The van der Waals surface area contributed by atoms with Gasteiger partial charge in [0.05, 0.1) is 18.5 Å². The van der Waals surface area contributed by atoms with E-state index in [2.05, 4.69) is 35.7 Å². The minimum Gasteiger partial charge on any atom is -0.392 e. The van der Waals surface area contributed by atoms with E-state index >= 15 is 0 Å². The Morgan fingerprint density at radius 1 is 1.41 bits per heavy atom. The third-order valence-corrected chi connectivity index (χ3v) is 3.72. The second kappa shape index (κ2) is 4.63. The molecule has 0 radical (unpaired) electrons. The first kappa shape index (κ1) is 12.3. The smallest absolute Gasteiger partial charge is 0.0703 e. The van der Waals surface area contributed by atoms with Gasteiger partial charge >= 0.3 is 0 Å². The van der Waals surface area contributed by atoms with Crippen LogP contribution in [-0.2, 0) is 6.61 Å². The van der Waals surface area contributed by atoms with Crippen LogP contribution < -0.4 is 4.90 Å². The summed E-state index contributed by atoms with van der Waals surface area (Å²) in [4.78, 5) is 8.86. The normalized spacial score (nSPS) is 20.6. The average molecular weight is 235 g/mol. The first-order valence-electron chi connectivity index (χ1n) is 6.04. The Labute approximate surface area is 103 Å². The number of rotatable bonds is 2. The Balaban J connectivity index is 2.23. The summed E-state index contributed by atoms with van der Waals surface area (Å²) < 4.78 is 0. The van der Waals surface area contributed by atoms with Crippen molar-refractivity contribution in [3.05, 3.63) is 24.0 Å². The minimum absolute atomic E-state index is 0.0740. The molecule has 0 saturated carbocycles. The molecule has 0 unspecified atom stereocenters. The monoisotopic (exact) mass is 235 g/mol. The van der Waals surface area contributed by atoms with E-state index in [1.807, 2.05) is 12.3 Å². The lowest BCUT2D eigenvalue weighted by atomic mass is 9.99. The van der Waals surface area contributed by atoms with Crippen molar-refractivity contribution in [2.24, 2.45) is 0 Å². The maximum absolute atomic E-state index is 9.37. The van der Waals surface area contributed by atoms with Crippen LogP contribution >= 0.6 is 0 Å². The zero-order valence-electron chi connectivity index (χ0n) is 10.8. The van der Waals surface area contributed by atoms with E-state index in [0.717, 1.165) is 30.9 Å². The number of anilines is 1. The van der Waals surface area contributed by atoms with Crippen molar-refractivity contribution in [2.45, 2.75) is 26.0 Å². The van der Waals surface area contributed by atoms with Gasteiger partial charge in [0.2, 0.25) is 0 Å². The molecule has 94 valence electrons. The molecule has 1 aromatic heterocycles. The van der Waals surface area contributed by atoms with Gasteiger partial charge in [-0.2, -0.15) is 0 Å². The molecule has 2 rings (SSSR count). The third-order valence-electron chi connectivity index (χ3n) is 3.72. The zero-order chi connectivity index (χ0) is 12.5. The van der Waals surface area contributed by atoms with Crippen LogP contribution in [0.2, 0.25) is 0 Å². The van der Waals surface area contributed by atoms with Crippen LogP contribution in [0.15, 0.2) is 18.5 Å². The van der Waals surface area contributed by atoms with Crippen molar-refractivity contribution < 1.29 is 5.11 Å². The van der Waals surface area contributed by atoms with Crippen molar-refractivity contribution in [1.82, 2.24) is 9.88 Å². The molecule has 1 fully saturated rings. The van der Waals surface area contributed by atoms with E-state index in [4.69, 9.17) is 0 Å². The van der Waals surface area contributed by atoms with Crippen molar-refractivity contribution in [3.8, 4) is 0 Å². The number of piperazine rings is 1. The molecule has 2 heterocycles. The predicted molar refractivity (Wildman–Crippen MR) is 69.1 cm³/mol. The molecule has 1 saturated heterocycles. The fourth-order valence-corrected chi connectivity index (χ4v) is 2.28. The first-order chi connectivity index (χ1) is 8.04. The molecule has 1 aliphatic rings. The Kier molecular flexibility index (Phi) is 3.35. The lowest BCUT2D eigenvalue weighted by Gasteiger charge is -2.46. The molecule has 0 spiro atoms. The predicted octanol–water partition coefficient (Wildman–Crippen LogP) is 1.10. The second-order valence-corrected chi connectivity index (χ2v) is 5.32. The molecule has 4 heteroatoms. The Hall–Kier alpha value is -1.13. The summed E-state index contributed by atoms with van der Waals surface area (Å²) in [5.74, 6) is 0. The molecule has 4 nitrogen and oxygen atoms in total. The van der Waals surface area contributed by atoms with Crippen LogP contribution in [0.5, 0.6) is 0 Å². The van der Waals surface area contributed by atoms with Crippen molar-refractivity contribution >= 4 is 5.69 Å². The van der Waals surface area contributed by atoms with Gasteiger partial charge < -0.3 is 10.0 Å². The standard InChI is InChI=1S/C13H21N3O/c1-13(2)10-16(7-6-15(13)3)12-8-14-5-4-11(12)9-17/h4-5,8,17H,6-7,9-10H2,1-3H3. The molecular formula is C13H21N3O. The molecule has 0 amide bonds. The Morgan fingerprint density at radius 3 is 2.82 bits per heavy atom. The van der Waals surface area contributed by atoms with Crippen LogP contribution in [0, 0.1) is 0 Å². The average Bonchev–Trinajstić information content (AvgIpc) is 2.32. The summed E-state index contributed by atoms with van der Waals surface area (Å²) in [5.41, 5.74) is 2.18. The van der Waals surface area contributed by atoms with Gasteiger partial charge in [-0.15, -0.1) is 0 Å². The van der Waals surface area contributed by atoms with Gasteiger partial charge in [0.25, 0.3) is 0 Å². The van der Waals surface area contributed by atoms with Crippen LogP contribution in [0.4, 0.5) is 5.69 Å². The van der Waals surface area contributed by atoms with E-state index in [1.165, 1.54) is 0 Å². The fourth-order valence-electron chi connectivity index (χ4n) is 2.28. The highest BCUT2D eigenvalue weighted by Crippen LogP contribution is 2.26. The summed E-state index contributed by atoms with van der Waals surface area (Å²) in [5, 5.41) is 9.37. The number of likely N-dealkylation sites (N-methyl/N-ethyl adjacent to an activating group) is 1. The van der Waals surface area contributed by atoms with Gasteiger partial charge in [-0.1, -0.05) is 0 Å². The van der Waals surface area contributed by atoms with E-state index in [0.29, 0.717) is 0 Å². The number of hydrogen-bond donors (Lipinski definition) is 1. The quantitative estimate of drug-likeness (QED) is 0.833. The van der Waals surface area contributed by atoms with Gasteiger partial charge in [0.15, 0.2) is 0 Å². The van der Waals surface area contributed by atoms with Gasteiger partial charge in [-0.25, -0.2) is 0 Å². The fraction of sp³-hybridized carbons (Fsp3) is 0.615. The largest absolute Gasteiger partial charge is 0.392 e. The van der Waals surface area contributed by atoms with E-state index in [9.17, 15) is 5.11 Å². The number of hydrogen-bond acceptors (Lipinski definition) is 4. The maximum Gasteiger partial charge on any atom is 0.0703 e. The number of aliphatic hydroxyl groups is 1. The summed E-state index contributed by atoms with van der Waals surface area (Å²) in [6, 6.07) is 1.89. The summed E-state index contributed by atoms with van der Waals surface area (Å²) >= 11 is 0. The molecule has 17 heavy (non-hydrogen) atoms. The van der Waals surface area contributed by atoms with Gasteiger partial charge in [-0.3, -0.25) is 9.88 Å². The molecule has 1 N–H and O–H groups in total. The Morgan fingerprint density at radius 2 is 2.18 bits per heavy atom. The lowest BCUT2D eigenvalue weighted by molar-refractivity contribution is 0.138. The molecule has 0 atom stereocenters. The van der Waals surface area contributed by atoms with Gasteiger partial charge in [0.1, 0.15) is 0 Å². The zero-order valence-corrected chi connectivity index (χ0v) is 10.8.